The van der Waals surface area contributed by atoms with Gasteiger partial charge in [-0.2, -0.15) is 10.1 Å². The molecule has 0 saturated carbocycles. The summed E-state index contributed by atoms with van der Waals surface area (Å²) in [6.07, 6.45) is 1.89. The van der Waals surface area contributed by atoms with Gasteiger partial charge in [-0.15, -0.1) is 0 Å². The van der Waals surface area contributed by atoms with Crippen molar-refractivity contribution in [2.24, 2.45) is 0 Å². The Hall–Kier alpha value is -1.36. The monoisotopic (exact) mass is 211 g/mol. The fraction of sp³-hybridized carbons (Fsp3) is 0.375. The summed E-state index contributed by atoms with van der Waals surface area (Å²) in [6, 6.07) is 0. The van der Waals surface area contributed by atoms with Crippen LogP contribution in [0.2, 0.25) is 5.15 Å². The van der Waals surface area contributed by atoms with Crippen molar-refractivity contribution in [2.75, 3.05) is 5.73 Å². The van der Waals surface area contributed by atoms with Gasteiger partial charge in [-0.3, -0.25) is 5.10 Å². The molecule has 3 N–H and O–H groups in total. The number of aryl methyl sites for hydroxylation is 1. The first-order chi connectivity index (χ1) is 6.72. The molecule has 0 radical (unpaired) electrons. The first-order valence-corrected chi connectivity index (χ1v) is 4.76. The van der Waals surface area contributed by atoms with Crippen LogP contribution in [0.1, 0.15) is 19.0 Å². The van der Waals surface area contributed by atoms with Crippen LogP contribution >= 0.6 is 11.6 Å². The Labute approximate surface area is 85.7 Å². The smallest absolute Gasteiger partial charge is 0.223 e. The molecule has 74 valence electrons. The molecule has 0 atom stereocenters. The van der Waals surface area contributed by atoms with E-state index < -0.39 is 0 Å². The molecule has 0 amide bonds. The van der Waals surface area contributed by atoms with Crippen LogP contribution in [0.4, 0.5) is 5.95 Å². The van der Waals surface area contributed by atoms with Crippen molar-refractivity contribution in [3.8, 4) is 0 Å². The molecule has 5 nitrogen and oxygen atoms in total. The first kappa shape index (κ1) is 9.21. The molecule has 0 aromatic carbocycles. The van der Waals surface area contributed by atoms with Crippen LogP contribution in [0.3, 0.4) is 0 Å². The molecule has 0 aliphatic carbocycles. The Morgan fingerprint density at radius 3 is 2.93 bits per heavy atom. The molecule has 0 spiro atoms. The fourth-order valence-corrected chi connectivity index (χ4v) is 1.67. The van der Waals surface area contributed by atoms with Crippen LogP contribution in [-0.2, 0) is 6.42 Å². The second-order valence-corrected chi connectivity index (χ2v) is 3.38. The van der Waals surface area contributed by atoms with Gasteiger partial charge in [0.1, 0.15) is 5.15 Å². The van der Waals surface area contributed by atoms with Gasteiger partial charge in [0, 0.05) is 5.69 Å². The minimum atomic E-state index is 0.150. The zero-order valence-electron chi connectivity index (χ0n) is 7.71. The van der Waals surface area contributed by atoms with E-state index in [1.54, 1.807) is 0 Å². The Bertz CT molecular complexity index is 464. The van der Waals surface area contributed by atoms with Crippen LogP contribution in [0, 0.1) is 0 Å². The van der Waals surface area contributed by atoms with Crippen molar-refractivity contribution in [1.82, 2.24) is 20.2 Å². The van der Waals surface area contributed by atoms with Gasteiger partial charge in [-0.1, -0.05) is 24.9 Å². The van der Waals surface area contributed by atoms with E-state index in [0.717, 1.165) is 23.9 Å². The minimum Gasteiger partial charge on any atom is -0.368 e. The van der Waals surface area contributed by atoms with E-state index in [2.05, 4.69) is 27.1 Å². The highest BCUT2D eigenvalue weighted by molar-refractivity contribution is 6.34. The molecule has 0 bridgehead atoms. The maximum absolute atomic E-state index is 5.95. The minimum absolute atomic E-state index is 0.150. The van der Waals surface area contributed by atoms with Crippen LogP contribution in [0.5, 0.6) is 0 Å². The van der Waals surface area contributed by atoms with E-state index >= 15 is 0 Å². The lowest BCUT2D eigenvalue weighted by Gasteiger charge is -1.97. The summed E-state index contributed by atoms with van der Waals surface area (Å²) in [5.41, 5.74) is 6.95. The number of fused-ring (bicyclic) bond motifs is 1. The Kier molecular flexibility index (Phi) is 2.25. The Morgan fingerprint density at radius 1 is 1.43 bits per heavy atom. The van der Waals surface area contributed by atoms with E-state index in [1.807, 2.05) is 0 Å². The molecule has 0 fully saturated rings. The maximum Gasteiger partial charge on any atom is 0.223 e. The van der Waals surface area contributed by atoms with Crippen LogP contribution < -0.4 is 5.73 Å². The van der Waals surface area contributed by atoms with Gasteiger partial charge >= 0.3 is 0 Å². The molecular weight excluding hydrogens is 202 g/mol. The molecule has 0 aliphatic rings. The molecule has 2 heterocycles. The summed E-state index contributed by atoms with van der Waals surface area (Å²) in [4.78, 5) is 7.87. The molecule has 6 heteroatoms. The highest BCUT2D eigenvalue weighted by Gasteiger charge is 2.11. The number of aromatic nitrogens is 4. The zero-order valence-corrected chi connectivity index (χ0v) is 8.47. The van der Waals surface area contributed by atoms with Crippen molar-refractivity contribution in [3.63, 3.8) is 0 Å². The summed E-state index contributed by atoms with van der Waals surface area (Å²) in [7, 11) is 0. The topological polar surface area (TPSA) is 80.5 Å². The number of H-pyrrole nitrogens is 1. The normalized spacial score (nSPS) is 11.0. The van der Waals surface area contributed by atoms with E-state index in [1.165, 1.54) is 0 Å². The van der Waals surface area contributed by atoms with Gasteiger partial charge in [0.15, 0.2) is 5.65 Å². The van der Waals surface area contributed by atoms with Crippen molar-refractivity contribution >= 4 is 28.6 Å². The zero-order chi connectivity index (χ0) is 10.1. The van der Waals surface area contributed by atoms with Crippen molar-refractivity contribution in [1.29, 1.82) is 0 Å². The number of anilines is 1. The maximum atomic E-state index is 5.95. The predicted octanol–water partition coefficient (Wildman–Crippen LogP) is 1.54. The molecule has 14 heavy (non-hydrogen) atoms. The SMILES string of the molecule is CCCc1[nH]nc2nc(N)nc(Cl)c12. The van der Waals surface area contributed by atoms with Gasteiger partial charge in [0.2, 0.25) is 5.95 Å². The number of aromatic amines is 1. The van der Waals surface area contributed by atoms with Crippen LogP contribution in [0.25, 0.3) is 11.0 Å². The molecule has 0 aliphatic heterocycles. The van der Waals surface area contributed by atoms with Gasteiger partial charge in [-0.25, -0.2) is 4.98 Å². The number of rotatable bonds is 2. The van der Waals surface area contributed by atoms with E-state index in [4.69, 9.17) is 17.3 Å². The van der Waals surface area contributed by atoms with Crippen molar-refractivity contribution in [3.05, 3.63) is 10.8 Å². The molecule has 0 saturated heterocycles. The van der Waals surface area contributed by atoms with E-state index in [0.29, 0.717) is 10.8 Å². The Morgan fingerprint density at radius 2 is 2.21 bits per heavy atom. The summed E-state index contributed by atoms with van der Waals surface area (Å²) in [6.45, 7) is 2.08. The number of nitrogens with two attached hydrogens (primary N) is 1. The fourth-order valence-electron chi connectivity index (χ4n) is 1.39. The first-order valence-electron chi connectivity index (χ1n) is 4.38. The summed E-state index contributed by atoms with van der Waals surface area (Å²) in [5.74, 6) is 0.150. The summed E-state index contributed by atoms with van der Waals surface area (Å²) >= 11 is 5.95. The quantitative estimate of drug-likeness (QED) is 0.739. The third kappa shape index (κ3) is 1.39. The highest BCUT2D eigenvalue weighted by atomic mass is 35.5. The third-order valence-electron chi connectivity index (χ3n) is 1.96. The average molecular weight is 212 g/mol. The number of hydrogen-bond donors (Lipinski definition) is 2. The average Bonchev–Trinajstić information content (AvgIpc) is 2.49. The van der Waals surface area contributed by atoms with E-state index in [-0.39, 0.29) is 5.95 Å². The number of nitrogens with one attached hydrogen (secondary N) is 1. The third-order valence-corrected chi connectivity index (χ3v) is 2.24. The number of hydrogen-bond acceptors (Lipinski definition) is 4. The molecule has 2 rings (SSSR count). The second-order valence-electron chi connectivity index (χ2n) is 3.02. The summed E-state index contributed by atoms with van der Waals surface area (Å²) in [5, 5.41) is 8.05. The lowest BCUT2D eigenvalue weighted by atomic mass is 10.2. The molecule has 0 unspecified atom stereocenters. The van der Waals surface area contributed by atoms with Crippen LogP contribution in [-0.4, -0.2) is 20.2 Å². The van der Waals surface area contributed by atoms with Crippen LogP contribution in [0.15, 0.2) is 0 Å². The lowest BCUT2D eigenvalue weighted by molar-refractivity contribution is 0.873. The number of nitrogens with zero attached hydrogens (tertiary/aromatic N) is 3. The largest absolute Gasteiger partial charge is 0.368 e. The van der Waals surface area contributed by atoms with Crippen molar-refractivity contribution < 1.29 is 0 Å². The number of halogens is 1. The van der Waals surface area contributed by atoms with Gasteiger partial charge in [0.05, 0.1) is 5.39 Å². The standard InChI is InChI=1S/C8H10ClN5/c1-2-3-4-5-6(9)11-8(10)12-7(5)14-13-4/h2-3H2,1H3,(H3,10,11,12,13,14). The summed E-state index contributed by atoms with van der Waals surface area (Å²) < 4.78 is 0. The number of nitrogen functional groups attached to an aromatic ring is 1. The molecule has 2 aromatic rings. The van der Waals surface area contributed by atoms with Crippen molar-refractivity contribution in [2.45, 2.75) is 19.8 Å². The predicted molar refractivity (Wildman–Crippen MR) is 55.1 cm³/mol. The lowest BCUT2D eigenvalue weighted by Crippen LogP contribution is -1.95. The Balaban J connectivity index is 2.66. The molecule has 2 aromatic heterocycles. The van der Waals surface area contributed by atoms with E-state index in [9.17, 15) is 0 Å². The van der Waals surface area contributed by atoms with Gasteiger partial charge in [0.25, 0.3) is 0 Å². The molecular formula is C8H10ClN5. The second kappa shape index (κ2) is 3.42. The van der Waals surface area contributed by atoms with Gasteiger partial charge < -0.3 is 5.73 Å². The highest BCUT2D eigenvalue weighted by Crippen LogP contribution is 2.23. The van der Waals surface area contributed by atoms with Gasteiger partial charge in [-0.05, 0) is 6.42 Å².